The molecule has 7 nitrogen and oxygen atoms in total. The first kappa shape index (κ1) is 31.4. The molecule has 5 rings (SSSR count). The first-order chi connectivity index (χ1) is 21.2. The third kappa shape index (κ3) is 8.99. The molecule has 0 aliphatic carbocycles. The number of benzene rings is 3. The molecule has 6 atom stereocenters. The monoisotopic (exact) mass is 588 g/mol. The van der Waals surface area contributed by atoms with Gasteiger partial charge in [0, 0.05) is 12.2 Å². The van der Waals surface area contributed by atoms with Crippen LogP contribution in [0.1, 0.15) is 55.1 Å². The lowest BCUT2D eigenvalue weighted by Crippen LogP contribution is -2.63. The lowest BCUT2D eigenvalue weighted by molar-refractivity contribution is -0.372. The maximum Gasteiger partial charge on any atom is 0.186 e. The molecule has 0 N–H and O–H groups in total. The predicted molar refractivity (Wildman–Crippen MR) is 164 cm³/mol. The second kappa shape index (κ2) is 16.7. The third-order valence-electron chi connectivity index (χ3n) is 7.83. The van der Waals surface area contributed by atoms with E-state index in [1.807, 2.05) is 78.9 Å². The van der Waals surface area contributed by atoms with E-state index in [-0.39, 0.29) is 6.10 Å². The molecule has 3 aromatic rings. The van der Waals surface area contributed by atoms with E-state index in [1.165, 1.54) is 0 Å². The zero-order valence-corrected chi connectivity index (χ0v) is 25.1. The maximum absolute atomic E-state index is 6.68. The van der Waals surface area contributed by atoms with E-state index in [2.05, 4.69) is 18.7 Å². The second-order valence-corrected chi connectivity index (χ2v) is 11.0. The van der Waals surface area contributed by atoms with Gasteiger partial charge in [0.2, 0.25) is 0 Å². The zero-order chi connectivity index (χ0) is 29.7. The largest absolute Gasteiger partial charge is 0.497 e. The Labute approximate surface area is 255 Å². The van der Waals surface area contributed by atoms with Gasteiger partial charge in [0.15, 0.2) is 12.6 Å². The van der Waals surface area contributed by atoms with Gasteiger partial charge in [0.25, 0.3) is 0 Å². The van der Waals surface area contributed by atoms with Crippen LogP contribution in [0.25, 0.3) is 0 Å². The van der Waals surface area contributed by atoms with Crippen LogP contribution in [0, 0.1) is 0 Å². The van der Waals surface area contributed by atoms with E-state index in [0.29, 0.717) is 26.4 Å². The molecule has 2 aliphatic rings. The van der Waals surface area contributed by atoms with E-state index in [1.54, 1.807) is 7.11 Å². The summed E-state index contributed by atoms with van der Waals surface area (Å²) in [6.07, 6.45) is 4.42. The fourth-order valence-corrected chi connectivity index (χ4v) is 5.45. The van der Waals surface area contributed by atoms with Gasteiger partial charge < -0.3 is 33.2 Å². The van der Waals surface area contributed by atoms with Crippen LogP contribution < -0.4 is 4.74 Å². The first-order valence-electron chi connectivity index (χ1n) is 15.3. The minimum atomic E-state index is -0.625. The fourth-order valence-electron chi connectivity index (χ4n) is 5.45. The molecule has 2 saturated heterocycles. The van der Waals surface area contributed by atoms with E-state index >= 15 is 0 Å². The van der Waals surface area contributed by atoms with Crippen LogP contribution in [-0.4, -0.2) is 51.0 Å². The van der Waals surface area contributed by atoms with Gasteiger partial charge in [0.1, 0.15) is 30.2 Å². The summed E-state index contributed by atoms with van der Waals surface area (Å²) in [4.78, 5) is 0. The molecule has 0 aromatic heterocycles. The highest BCUT2D eigenvalue weighted by atomic mass is 16.8. The normalized spacial score (nSPS) is 25.1. The number of ether oxygens (including phenoxy) is 7. The summed E-state index contributed by atoms with van der Waals surface area (Å²) in [5, 5.41) is 0. The van der Waals surface area contributed by atoms with Crippen LogP contribution >= 0.6 is 0 Å². The standard InChI is InChI=1S/C36H44O7/c1-3-4-5-6-7-14-23-38-36-34(40-24-27-15-10-8-11-16-27)33(39-25-28-19-21-30(37-2)22-20-28)32-31(42-36)26-41-35(43-32)29-17-12-9-13-18-29/h3,8-13,15-22,31-36H,1,4-7,14,23-26H2,2H3/t31-,32+,33+,34-,35?,36-/m1/s1. The molecular weight excluding hydrogens is 544 g/mol. The smallest absolute Gasteiger partial charge is 0.186 e. The number of rotatable bonds is 16. The van der Waals surface area contributed by atoms with Gasteiger partial charge in [-0.25, -0.2) is 0 Å². The number of hydrogen-bond donors (Lipinski definition) is 0. The number of hydrogen-bond acceptors (Lipinski definition) is 7. The van der Waals surface area contributed by atoms with Crippen molar-refractivity contribution in [2.75, 3.05) is 20.3 Å². The molecule has 43 heavy (non-hydrogen) atoms. The number of fused-ring (bicyclic) bond motifs is 1. The van der Waals surface area contributed by atoms with Gasteiger partial charge in [0.05, 0.1) is 26.9 Å². The quantitative estimate of drug-likeness (QED) is 0.130. The van der Waals surface area contributed by atoms with Crippen molar-refractivity contribution in [1.82, 2.24) is 0 Å². The van der Waals surface area contributed by atoms with Gasteiger partial charge in [-0.1, -0.05) is 91.7 Å². The van der Waals surface area contributed by atoms with Crippen molar-refractivity contribution in [1.29, 1.82) is 0 Å². The summed E-state index contributed by atoms with van der Waals surface area (Å²) >= 11 is 0. The number of methoxy groups -OCH3 is 1. The molecule has 0 amide bonds. The van der Waals surface area contributed by atoms with Crippen LogP contribution in [0.4, 0.5) is 0 Å². The molecule has 3 aromatic carbocycles. The summed E-state index contributed by atoms with van der Waals surface area (Å²) in [6, 6.07) is 28.0. The van der Waals surface area contributed by atoms with E-state index in [0.717, 1.165) is 54.5 Å². The summed E-state index contributed by atoms with van der Waals surface area (Å²) in [6.45, 7) is 5.52. The van der Waals surface area contributed by atoms with Crippen molar-refractivity contribution in [2.24, 2.45) is 0 Å². The third-order valence-corrected chi connectivity index (χ3v) is 7.83. The van der Waals surface area contributed by atoms with Crippen LogP contribution in [-0.2, 0) is 41.6 Å². The van der Waals surface area contributed by atoms with Gasteiger partial charge in [-0.2, -0.15) is 0 Å². The summed E-state index contributed by atoms with van der Waals surface area (Å²) in [5.74, 6) is 0.801. The first-order valence-corrected chi connectivity index (χ1v) is 15.3. The Bertz CT molecular complexity index is 1200. The highest BCUT2D eigenvalue weighted by Gasteiger charge is 2.51. The highest BCUT2D eigenvalue weighted by molar-refractivity contribution is 5.26. The fraction of sp³-hybridized carbons (Fsp3) is 0.444. The summed E-state index contributed by atoms with van der Waals surface area (Å²) in [7, 11) is 1.66. The SMILES string of the molecule is C=CCCCCCCO[C@@H]1O[C@@H]2COC(c3ccccc3)O[C@@H]2[C@H](OCc2ccc(OC)cc2)[C@H]1OCc1ccccc1. The van der Waals surface area contributed by atoms with Crippen molar-refractivity contribution < 1.29 is 33.2 Å². The minimum absolute atomic E-state index is 0.361. The van der Waals surface area contributed by atoms with Gasteiger partial charge in [-0.15, -0.1) is 6.58 Å². The molecular formula is C36H44O7. The molecule has 230 valence electrons. The average molecular weight is 589 g/mol. The molecule has 2 heterocycles. The lowest BCUT2D eigenvalue weighted by atomic mass is 9.97. The molecule has 0 bridgehead atoms. The minimum Gasteiger partial charge on any atom is -0.497 e. The van der Waals surface area contributed by atoms with Crippen molar-refractivity contribution in [3.63, 3.8) is 0 Å². The average Bonchev–Trinajstić information content (AvgIpc) is 3.07. The Kier molecular flexibility index (Phi) is 12.2. The molecule has 1 unspecified atom stereocenters. The predicted octanol–water partition coefficient (Wildman–Crippen LogP) is 7.16. The highest BCUT2D eigenvalue weighted by Crippen LogP contribution is 2.37. The molecule has 7 heteroatoms. The Morgan fingerprint density at radius 1 is 0.744 bits per heavy atom. The topological polar surface area (TPSA) is 64.6 Å². The van der Waals surface area contributed by atoms with Crippen LogP contribution in [0.2, 0.25) is 0 Å². The lowest BCUT2D eigenvalue weighted by Gasteiger charge is -2.49. The Morgan fingerprint density at radius 2 is 1.42 bits per heavy atom. The van der Waals surface area contributed by atoms with E-state index < -0.39 is 30.9 Å². The number of unbranched alkanes of at least 4 members (excludes halogenated alkanes) is 4. The van der Waals surface area contributed by atoms with Gasteiger partial charge in [-0.3, -0.25) is 0 Å². The molecule has 0 radical (unpaired) electrons. The van der Waals surface area contributed by atoms with E-state index in [4.69, 9.17) is 33.2 Å². The summed E-state index contributed by atoms with van der Waals surface area (Å²) < 4.78 is 44.3. The van der Waals surface area contributed by atoms with Crippen molar-refractivity contribution in [3.8, 4) is 5.75 Å². The maximum atomic E-state index is 6.68. The van der Waals surface area contributed by atoms with Crippen LogP contribution in [0.5, 0.6) is 5.75 Å². The molecule has 0 saturated carbocycles. The van der Waals surface area contributed by atoms with Crippen LogP contribution in [0.3, 0.4) is 0 Å². The summed E-state index contributed by atoms with van der Waals surface area (Å²) in [5.41, 5.74) is 3.04. The molecule has 0 spiro atoms. The zero-order valence-electron chi connectivity index (χ0n) is 25.1. The number of allylic oxidation sites excluding steroid dienone is 1. The van der Waals surface area contributed by atoms with Gasteiger partial charge in [-0.05, 0) is 42.5 Å². The second-order valence-electron chi connectivity index (χ2n) is 11.0. The van der Waals surface area contributed by atoms with Crippen molar-refractivity contribution in [3.05, 3.63) is 114 Å². The van der Waals surface area contributed by atoms with Crippen molar-refractivity contribution >= 4 is 0 Å². The Balaban J connectivity index is 1.35. The van der Waals surface area contributed by atoms with Gasteiger partial charge >= 0.3 is 0 Å². The van der Waals surface area contributed by atoms with E-state index in [9.17, 15) is 0 Å². The Hall–Kier alpha value is -3.04. The molecule has 2 aliphatic heterocycles. The van der Waals surface area contributed by atoms with Crippen molar-refractivity contribution in [2.45, 2.75) is 82.3 Å². The van der Waals surface area contributed by atoms with Crippen LogP contribution in [0.15, 0.2) is 97.6 Å². The Morgan fingerprint density at radius 3 is 2.14 bits per heavy atom. The molecule has 2 fully saturated rings.